The average molecular weight is 229 g/mol. The van der Waals surface area contributed by atoms with E-state index in [1.165, 1.54) is 6.92 Å². The Bertz CT molecular complexity index is 531. The molecule has 0 aliphatic rings. The molecular weight excluding hydrogens is 214 g/mol. The average Bonchev–Trinajstić information content (AvgIpc) is 2.73. The van der Waals surface area contributed by atoms with Crippen molar-refractivity contribution in [3.8, 4) is 5.69 Å². The lowest BCUT2D eigenvalue weighted by atomic mass is 10.1. The summed E-state index contributed by atoms with van der Waals surface area (Å²) in [4.78, 5) is 15.2. The summed E-state index contributed by atoms with van der Waals surface area (Å²) < 4.78 is 2.01. The summed E-state index contributed by atoms with van der Waals surface area (Å²) in [6, 6.07) is 7.97. The molecule has 0 unspecified atom stereocenters. The van der Waals surface area contributed by atoms with Crippen molar-refractivity contribution in [2.24, 2.45) is 0 Å². The van der Waals surface area contributed by atoms with Crippen molar-refractivity contribution in [1.82, 2.24) is 14.9 Å². The number of nitrogens with zero attached hydrogens (tertiary/aromatic N) is 2. The minimum absolute atomic E-state index is 0.0258. The van der Waals surface area contributed by atoms with E-state index < -0.39 is 0 Å². The lowest BCUT2D eigenvalue weighted by Crippen LogP contribution is -2.20. The molecule has 0 saturated carbocycles. The van der Waals surface area contributed by atoms with Gasteiger partial charge >= 0.3 is 0 Å². The van der Waals surface area contributed by atoms with Crippen LogP contribution in [0.15, 0.2) is 36.7 Å². The number of carbonyl (C=O) groups excluding carboxylic acids is 1. The van der Waals surface area contributed by atoms with Crippen molar-refractivity contribution >= 4 is 5.91 Å². The maximum absolute atomic E-state index is 11.0. The Labute approximate surface area is 100 Å². The van der Waals surface area contributed by atoms with Gasteiger partial charge in [0.1, 0.15) is 5.82 Å². The first-order valence-electron chi connectivity index (χ1n) is 5.51. The second-order valence-electron chi connectivity index (χ2n) is 3.88. The maximum Gasteiger partial charge on any atom is 0.217 e. The third-order valence-electron chi connectivity index (χ3n) is 2.60. The third-order valence-corrected chi connectivity index (χ3v) is 2.60. The van der Waals surface area contributed by atoms with Crippen molar-refractivity contribution in [1.29, 1.82) is 0 Å². The van der Waals surface area contributed by atoms with Crippen LogP contribution in [0.1, 0.15) is 18.3 Å². The molecule has 0 fully saturated rings. The van der Waals surface area contributed by atoms with Gasteiger partial charge in [-0.15, -0.1) is 0 Å². The van der Waals surface area contributed by atoms with E-state index in [9.17, 15) is 4.79 Å². The lowest BCUT2D eigenvalue weighted by molar-refractivity contribution is -0.119. The van der Waals surface area contributed by atoms with E-state index in [-0.39, 0.29) is 5.91 Å². The molecule has 1 amide bonds. The normalized spacial score (nSPS) is 10.2. The molecule has 17 heavy (non-hydrogen) atoms. The minimum atomic E-state index is -0.0258. The molecule has 0 aliphatic heterocycles. The number of benzene rings is 1. The van der Waals surface area contributed by atoms with E-state index in [0.717, 1.165) is 17.1 Å². The summed E-state index contributed by atoms with van der Waals surface area (Å²) in [5, 5.41) is 2.81. The van der Waals surface area contributed by atoms with Crippen LogP contribution < -0.4 is 5.32 Å². The molecule has 2 aromatic rings. The van der Waals surface area contributed by atoms with Gasteiger partial charge in [-0.3, -0.25) is 4.79 Å². The van der Waals surface area contributed by atoms with Gasteiger partial charge < -0.3 is 9.88 Å². The van der Waals surface area contributed by atoms with E-state index in [0.29, 0.717) is 6.54 Å². The van der Waals surface area contributed by atoms with Gasteiger partial charge in [0.05, 0.1) is 5.69 Å². The monoisotopic (exact) mass is 229 g/mol. The largest absolute Gasteiger partial charge is 0.352 e. The fourth-order valence-corrected chi connectivity index (χ4v) is 1.75. The molecule has 1 N–H and O–H groups in total. The standard InChI is InChI=1S/C13H15N3O/c1-10-14-7-8-16(10)13-6-4-3-5-12(13)9-15-11(2)17/h3-8H,9H2,1-2H3,(H,15,17). The molecule has 4 heteroatoms. The number of hydrogen-bond donors (Lipinski definition) is 1. The first-order chi connectivity index (χ1) is 8.18. The van der Waals surface area contributed by atoms with Crippen LogP contribution in [0.2, 0.25) is 0 Å². The van der Waals surface area contributed by atoms with Gasteiger partial charge in [0.25, 0.3) is 0 Å². The molecule has 0 atom stereocenters. The minimum Gasteiger partial charge on any atom is -0.352 e. The molecule has 1 heterocycles. The van der Waals surface area contributed by atoms with Crippen LogP contribution in [0.4, 0.5) is 0 Å². The van der Waals surface area contributed by atoms with E-state index in [1.54, 1.807) is 6.20 Å². The second kappa shape index (κ2) is 4.82. The predicted octanol–water partition coefficient (Wildman–Crippen LogP) is 1.82. The molecule has 88 valence electrons. The number of aromatic nitrogens is 2. The first kappa shape index (κ1) is 11.4. The Morgan fingerprint density at radius 3 is 2.82 bits per heavy atom. The summed E-state index contributed by atoms with van der Waals surface area (Å²) in [7, 11) is 0. The molecule has 0 bridgehead atoms. The first-order valence-corrected chi connectivity index (χ1v) is 5.51. The number of hydrogen-bond acceptors (Lipinski definition) is 2. The topological polar surface area (TPSA) is 46.9 Å². The zero-order valence-electron chi connectivity index (χ0n) is 9.97. The summed E-state index contributed by atoms with van der Waals surface area (Å²) in [5.41, 5.74) is 2.13. The van der Waals surface area contributed by atoms with Crippen molar-refractivity contribution in [2.45, 2.75) is 20.4 Å². The van der Waals surface area contributed by atoms with Gasteiger partial charge in [0.15, 0.2) is 0 Å². The highest BCUT2D eigenvalue weighted by atomic mass is 16.1. The smallest absolute Gasteiger partial charge is 0.217 e. The van der Waals surface area contributed by atoms with Gasteiger partial charge in [0, 0.05) is 25.9 Å². The van der Waals surface area contributed by atoms with Crippen LogP contribution in [-0.4, -0.2) is 15.5 Å². The van der Waals surface area contributed by atoms with Gasteiger partial charge in [0.2, 0.25) is 5.91 Å². The molecule has 0 spiro atoms. The Kier molecular flexibility index (Phi) is 3.23. The zero-order chi connectivity index (χ0) is 12.3. The quantitative estimate of drug-likeness (QED) is 0.872. The van der Waals surface area contributed by atoms with Crippen LogP contribution in [-0.2, 0) is 11.3 Å². The number of aryl methyl sites for hydroxylation is 1. The SMILES string of the molecule is CC(=O)NCc1ccccc1-n1ccnc1C. The summed E-state index contributed by atoms with van der Waals surface area (Å²) >= 11 is 0. The fraction of sp³-hybridized carbons (Fsp3) is 0.231. The van der Waals surface area contributed by atoms with E-state index in [2.05, 4.69) is 10.3 Å². The fourth-order valence-electron chi connectivity index (χ4n) is 1.75. The van der Waals surface area contributed by atoms with Gasteiger partial charge in [-0.2, -0.15) is 0 Å². The molecule has 4 nitrogen and oxygen atoms in total. The van der Waals surface area contributed by atoms with Crippen molar-refractivity contribution in [3.05, 3.63) is 48.0 Å². The Morgan fingerprint density at radius 1 is 1.41 bits per heavy atom. The highest BCUT2D eigenvalue weighted by molar-refractivity contribution is 5.72. The second-order valence-corrected chi connectivity index (χ2v) is 3.88. The van der Waals surface area contributed by atoms with Crippen molar-refractivity contribution < 1.29 is 4.79 Å². The maximum atomic E-state index is 11.0. The summed E-state index contributed by atoms with van der Waals surface area (Å²) in [6.07, 6.45) is 3.69. The van der Waals surface area contributed by atoms with Crippen LogP contribution in [0.3, 0.4) is 0 Å². The number of imidazole rings is 1. The molecular formula is C13H15N3O. The Morgan fingerprint density at radius 2 is 2.18 bits per heavy atom. The Balaban J connectivity index is 2.34. The molecule has 0 saturated heterocycles. The van der Waals surface area contributed by atoms with Gasteiger partial charge in [-0.1, -0.05) is 18.2 Å². The third kappa shape index (κ3) is 2.53. The molecule has 0 aliphatic carbocycles. The number of para-hydroxylation sites is 1. The summed E-state index contributed by atoms with van der Waals surface area (Å²) in [6.45, 7) is 4.00. The lowest BCUT2D eigenvalue weighted by Gasteiger charge is -2.11. The van der Waals surface area contributed by atoms with E-state index in [4.69, 9.17) is 0 Å². The summed E-state index contributed by atoms with van der Waals surface area (Å²) in [5.74, 6) is 0.905. The van der Waals surface area contributed by atoms with E-state index in [1.807, 2.05) is 42.0 Å². The van der Waals surface area contributed by atoms with E-state index >= 15 is 0 Å². The molecule has 2 rings (SSSR count). The van der Waals surface area contributed by atoms with Gasteiger partial charge in [-0.25, -0.2) is 4.98 Å². The molecule has 0 radical (unpaired) electrons. The molecule has 1 aromatic heterocycles. The van der Waals surface area contributed by atoms with Crippen molar-refractivity contribution in [3.63, 3.8) is 0 Å². The number of rotatable bonds is 3. The number of amides is 1. The number of carbonyl (C=O) groups is 1. The number of nitrogens with one attached hydrogen (secondary N) is 1. The van der Waals surface area contributed by atoms with Gasteiger partial charge in [-0.05, 0) is 18.6 Å². The zero-order valence-corrected chi connectivity index (χ0v) is 9.97. The van der Waals surface area contributed by atoms with Crippen LogP contribution >= 0.6 is 0 Å². The van der Waals surface area contributed by atoms with Crippen LogP contribution in [0, 0.1) is 6.92 Å². The Hall–Kier alpha value is -2.10. The molecule has 1 aromatic carbocycles. The highest BCUT2D eigenvalue weighted by Crippen LogP contribution is 2.15. The highest BCUT2D eigenvalue weighted by Gasteiger charge is 2.06. The van der Waals surface area contributed by atoms with Crippen molar-refractivity contribution in [2.75, 3.05) is 0 Å². The van der Waals surface area contributed by atoms with Crippen LogP contribution in [0.5, 0.6) is 0 Å². The predicted molar refractivity (Wildman–Crippen MR) is 65.8 cm³/mol. The van der Waals surface area contributed by atoms with Crippen LogP contribution in [0.25, 0.3) is 5.69 Å².